The normalized spacial score (nSPS) is 10.6. The molecule has 0 radical (unpaired) electrons. The van der Waals surface area contributed by atoms with Crippen LogP contribution in [0.1, 0.15) is 11.1 Å². The third-order valence-corrected chi connectivity index (χ3v) is 2.54. The average Bonchev–Trinajstić information content (AvgIpc) is 2.39. The number of nitro benzene ring substituents is 1. The molecule has 96 valence electrons. The molecule has 0 aliphatic rings. The molecule has 0 aromatic heterocycles. The summed E-state index contributed by atoms with van der Waals surface area (Å²) in [6.45, 7) is 1.99. The van der Waals surface area contributed by atoms with Crippen LogP contribution in [0.2, 0.25) is 0 Å². The highest BCUT2D eigenvalue weighted by Gasteiger charge is 2.10. The van der Waals surface area contributed by atoms with Crippen molar-refractivity contribution in [1.82, 2.24) is 0 Å². The molecule has 19 heavy (non-hydrogen) atoms. The smallest absolute Gasteiger partial charge is 0.272 e. The highest BCUT2D eigenvalue weighted by atomic mass is 16.6. The first kappa shape index (κ1) is 12.8. The van der Waals surface area contributed by atoms with Gasteiger partial charge in [0.15, 0.2) is 0 Å². The molecule has 1 N–H and O–H groups in total. The van der Waals surface area contributed by atoms with Gasteiger partial charge in [-0.1, -0.05) is 42.0 Å². The molecule has 2 rings (SSSR count). The van der Waals surface area contributed by atoms with E-state index in [1.165, 1.54) is 6.07 Å². The molecule has 0 bridgehead atoms. The molecular formula is C14H13N3O2. The second-order valence-electron chi connectivity index (χ2n) is 4.06. The molecule has 0 unspecified atom stereocenters. The van der Waals surface area contributed by atoms with Crippen LogP contribution >= 0.6 is 0 Å². The monoisotopic (exact) mass is 255 g/mol. The van der Waals surface area contributed by atoms with E-state index >= 15 is 0 Å². The molecule has 5 nitrogen and oxygen atoms in total. The van der Waals surface area contributed by atoms with Gasteiger partial charge < -0.3 is 0 Å². The van der Waals surface area contributed by atoms with Crippen LogP contribution in [0.15, 0.2) is 53.6 Å². The molecule has 5 heteroatoms. The van der Waals surface area contributed by atoms with Crippen LogP contribution in [0.4, 0.5) is 11.4 Å². The van der Waals surface area contributed by atoms with Crippen molar-refractivity contribution in [2.75, 3.05) is 5.43 Å². The van der Waals surface area contributed by atoms with E-state index in [9.17, 15) is 10.1 Å². The van der Waals surface area contributed by atoms with E-state index in [0.717, 1.165) is 11.1 Å². The number of nitro groups is 1. The second kappa shape index (κ2) is 5.77. The summed E-state index contributed by atoms with van der Waals surface area (Å²) in [7, 11) is 0. The summed E-state index contributed by atoms with van der Waals surface area (Å²) in [6.07, 6.45) is 1.63. The van der Waals surface area contributed by atoms with Crippen LogP contribution < -0.4 is 5.43 Å². The van der Waals surface area contributed by atoms with Crippen LogP contribution in [0.25, 0.3) is 0 Å². The summed E-state index contributed by atoms with van der Waals surface area (Å²) in [5.74, 6) is 0. The standard InChI is InChI=1S/C14H13N3O2/c1-11-5-4-6-12(9-11)10-15-16-13-7-2-3-8-14(13)17(18)19/h2-10,16H,1H3. The van der Waals surface area contributed by atoms with Gasteiger partial charge in [-0.25, -0.2) is 0 Å². The van der Waals surface area contributed by atoms with Gasteiger partial charge in [0.05, 0.1) is 11.1 Å². The molecule has 0 spiro atoms. The largest absolute Gasteiger partial charge is 0.294 e. The number of aryl methyl sites for hydroxylation is 1. The predicted molar refractivity (Wildman–Crippen MR) is 75.5 cm³/mol. The van der Waals surface area contributed by atoms with Gasteiger partial charge in [-0.05, 0) is 18.6 Å². The van der Waals surface area contributed by atoms with Crippen molar-refractivity contribution in [3.63, 3.8) is 0 Å². The lowest BCUT2D eigenvalue weighted by Crippen LogP contribution is -1.96. The zero-order valence-electron chi connectivity index (χ0n) is 10.4. The maximum Gasteiger partial charge on any atom is 0.294 e. The lowest BCUT2D eigenvalue weighted by atomic mass is 10.2. The fourth-order valence-electron chi connectivity index (χ4n) is 1.65. The van der Waals surface area contributed by atoms with E-state index in [2.05, 4.69) is 10.5 Å². The third-order valence-electron chi connectivity index (χ3n) is 2.54. The molecule has 0 saturated carbocycles. The summed E-state index contributed by atoms with van der Waals surface area (Å²) in [4.78, 5) is 10.4. The van der Waals surface area contributed by atoms with E-state index in [1.807, 2.05) is 31.2 Å². The summed E-state index contributed by atoms with van der Waals surface area (Å²) >= 11 is 0. The molecule has 0 amide bonds. The SMILES string of the molecule is Cc1cccc(C=NNc2ccccc2[N+](=O)[O-])c1. The zero-order valence-corrected chi connectivity index (χ0v) is 10.4. The molecule has 2 aromatic carbocycles. The quantitative estimate of drug-likeness (QED) is 0.517. The lowest BCUT2D eigenvalue weighted by molar-refractivity contribution is -0.384. The first-order chi connectivity index (χ1) is 9.16. The Morgan fingerprint density at radius 2 is 2.00 bits per heavy atom. The van der Waals surface area contributed by atoms with Gasteiger partial charge in [-0.3, -0.25) is 15.5 Å². The first-order valence-electron chi connectivity index (χ1n) is 5.76. The van der Waals surface area contributed by atoms with Gasteiger partial charge in [0.2, 0.25) is 0 Å². The second-order valence-corrected chi connectivity index (χ2v) is 4.06. The minimum atomic E-state index is -0.440. The number of nitrogens with one attached hydrogen (secondary N) is 1. The molecule has 0 saturated heterocycles. The highest BCUT2D eigenvalue weighted by molar-refractivity contribution is 5.80. The molecular weight excluding hydrogens is 242 g/mol. The Balaban J connectivity index is 2.13. The number of rotatable bonds is 4. The minimum absolute atomic E-state index is 0.00360. The van der Waals surface area contributed by atoms with Crippen LogP contribution in [-0.2, 0) is 0 Å². The Bertz CT molecular complexity index is 624. The third kappa shape index (κ3) is 3.38. The van der Waals surface area contributed by atoms with Crippen LogP contribution in [0, 0.1) is 17.0 Å². The number of hydrazone groups is 1. The van der Waals surface area contributed by atoms with Crippen molar-refractivity contribution in [1.29, 1.82) is 0 Å². The summed E-state index contributed by atoms with van der Waals surface area (Å²) < 4.78 is 0. The molecule has 0 atom stereocenters. The average molecular weight is 255 g/mol. The Hall–Kier alpha value is -2.69. The van der Waals surface area contributed by atoms with Gasteiger partial charge in [0, 0.05) is 6.07 Å². The number of benzene rings is 2. The van der Waals surface area contributed by atoms with Crippen molar-refractivity contribution < 1.29 is 4.92 Å². The zero-order chi connectivity index (χ0) is 13.7. The van der Waals surface area contributed by atoms with Crippen LogP contribution in [0.3, 0.4) is 0 Å². The van der Waals surface area contributed by atoms with Crippen LogP contribution in [0.5, 0.6) is 0 Å². The molecule has 2 aromatic rings. The van der Waals surface area contributed by atoms with Gasteiger partial charge in [-0.2, -0.15) is 5.10 Å². The maximum atomic E-state index is 10.8. The van der Waals surface area contributed by atoms with Crippen molar-refractivity contribution in [2.24, 2.45) is 5.10 Å². The summed E-state index contributed by atoms with van der Waals surface area (Å²) in [5, 5.41) is 14.8. The molecule has 0 aliphatic carbocycles. The lowest BCUT2D eigenvalue weighted by Gasteiger charge is -2.01. The minimum Gasteiger partial charge on any atom is -0.272 e. The first-order valence-corrected chi connectivity index (χ1v) is 5.76. The van der Waals surface area contributed by atoms with Gasteiger partial charge in [0.1, 0.15) is 5.69 Å². The van der Waals surface area contributed by atoms with Crippen LogP contribution in [-0.4, -0.2) is 11.1 Å². The van der Waals surface area contributed by atoms with Crippen molar-refractivity contribution in [3.05, 3.63) is 69.8 Å². The van der Waals surface area contributed by atoms with Crippen molar-refractivity contribution in [2.45, 2.75) is 6.92 Å². The number of nitrogens with zero attached hydrogens (tertiary/aromatic N) is 2. The highest BCUT2D eigenvalue weighted by Crippen LogP contribution is 2.22. The Kier molecular flexibility index (Phi) is 3.87. The van der Waals surface area contributed by atoms with Crippen molar-refractivity contribution >= 4 is 17.6 Å². The molecule has 0 fully saturated rings. The summed E-state index contributed by atoms with van der Waals surface area (Å²) in [5.41, 5.74) is 5.14. The van der Waals surface area contributed by atoms with E-state index in [1.54, 1.807) is 24.4 Å². The predicted octanol–water partition coefficient (Wildman–Crippen LogP) is 3.35. The maximum absolute atomic E-state index is 10.8. The Morgan fingerprint density at radius 3 is 2.74 bits per heavy atom. The summed E-state index contributed by atoms with van der Waals surface area (Å²) in [6, 6.07) is 14.2. The number of para-hydroxylation sites is 2. The topological polar surface area (TPSA) is 67.5 Å². The molecule has 0 aliphatic heterocycles. The van der Waals surface area contributed by atoms with Gasteiger partial charge in [-0.15, -0.1) is 0 Å². The number of hydrogen-bond acceptors (Lipinski definition) is 4. The fraction of sp³-hybridized carbons (Fsp3) is 0.0714. The van der Waals surface area contributed by atoms with E-state index in [-0.39, 0.29) is 5.69 Å². The molecule has 0 heterocycles. The number of hydrogen-bond donors (Lipinski definition) is 1. The number of anilines is 1. The van der Waals surface area contributed by atoms with Gasteiger partial charge in [0.25, 0.3) is 5.69 Å². The van der Waals surface area contributed by atoms with E-state index in [4.69, 9.17) is 0 Å². The van der Waals surface area contributed by atoms with Gasteiger partial charge >= 0.3 is 0 Å². The van der Waals surface area contributed by atoms with E-state index in [0.29, 0.717) is 5.69 Å². The Morgan fingerprint density at radius 1 is 1.21 bits per heavy atom. The van der Waals surface area contributed by atoms with Crippen molar-refractivity contribution in [3.8, 4) is 0 Å². The van der Waals surface area contributed by atoms with E-state index < -0.39 is 4.92 Å². The Labute approximate surface area is 110 Å². The fourth-order valence-corrected chi connectivity index (χ4v) is 1.65.